The van der Waals surface area contributed by atoms with Crippen LogP contribution in [0.5, 0.6) is 0 Å². The number of hydrogen-bond donors (Lipinski definition) is 1. The number of primary sulfonamides is 1. The van der Waals surface area contributed by atoms with Gasteiger partial charge in [0, 0.05) is 10.6 Å². The number of alkyl halides is 1. The lowest BCUT2D eigenvalue weighted by atomic mass is 9.99. The molecule has 1 heterocycles. The van der Waals surface area contributed by atoms with Crippen LogP contribution in [-0.2, 0) is 16.7 Å². The van der Waals surface area contributed by atoms with Crippen LogP contribution in [0.25, 0.3) is 22.4 Å². The summed E-state index contributed by atoms with van der Waals surface area (Å²) in [5, 5.41) is 9.29. The van der Waals surface area contributed by atoms with Crippen molar-refractivity contribution in [3.8, 4) is 22.4 Å². The molecule has 2 aromatic carbocycles. The topological polar surface area (TPSA) is 86.2 Å². The van der Waals surface area contributed by atoms with E-state index in [-0.39, 0.29) is 22.6 Å². The Morgan fingerprint density at radius 3 is 2.32 bits per heavy atom. The summed E-state index contributed by atoms with van der Waals surface area (Å²) in [7, 11) is -4.20. The molecule has 0 fully saturated rings. The monoisotopic (exact) mass is 384 g/mol. The number of hydrogen-bond acceptors (Lipinski definition) is 4. The fourth-order valence-electron chi connectivity index (χ4n) is 2.40. The van der Waals surface area contributed by atoms with Gasteiger partial charge in [-0.05, 0) is 29.8 Å². The van der Waals surface area contributed by atoms with E-state index >= 15 is 0 Å². The Morgan fingerprint density at radius 2 is 1.76 bits per heavy atom. The first-order chi connectivity index (χ1) is 11.8. The summed E-state index contributed by atoms with van der Waals surface area (Å²) >= 11 is 5.85. The van der Waals surface area contributed by atoms with Crippen molar-refractivity contribution in [3.63, 3.8) is 0 Å². The number of nitrogens with zero attached hydrogens (tertiary/aromatic N) is 1. The fourth-order valence-corrected chi connectivity index (χ4v) is 3.12. The molecule has 3 aromatic rings. The number of benzene rings is 2. The van der Waals surface area contributed by atoms with Gasteiger partial charge in [0.05, 0.1) is 5.56 Å². The molecule has 0 unspecified atom stereocenters. The molecular weight excluding hydrogens is 374 g/mol. The number of aromatic nitrogens is 1. The molecule has 0 bridgehead atoms. The molecule has 9 heteroatoms. The Morgan fingerprint density at radius 1 is 1.12 bits per heavy atom. The summed E-state index contributed by atoms with van der Waals surface area (Å²) in [6, 6.07) is 9.82. The molecule has 130 valence electrons. The van der Waals surface area contributed by atoms with Crippen LogP contribution in [0.2, 0.25) is 5.02 Å². The number of halogens is 3. The molecule has 0 saturated heterocycles. The van der Waals surface area contributed by atoms with Gasteiger partial charge < -0.3 is 4.52 Å². The van der Waals surface area contributed by atoms with Gasteiger partial charge in [-0.25, -0.2) is 22.3 Å². The van der Waals surface area contributed by atoms with E-state index in [9.17, 15) is 17.2 Å². The summed E-state index contributed by atoms with van der Waals surface area (Å²) in [5.41, 5.74) is 1.30. The van der Waals surface area contributed by atoms with E-state index in [0.29, 0.717) is 10.6 Å². The molecule has 2 N–H and O–H groups in total. The van der Waals surface area contributed by atoms with Gasteiger partial charge in [-0.1, -0.05) is 35.0 Å². The van der Waals surface area contributed by atoms with Crippen LogP contribution in [0.3, 0.4) is 0 Å². The van der Waals surface area contributed by atoms with E-state index in [4.69, 9.17) is 21.3 Å². The summed E-state index contributed by atoms with van der Waals surface area (Å²) in [6.07, 6.45) is 0. The van der Waals surface area contributed by atoms with Crippen molar-refractivity contribution >= 4 is 21.6 Å². The van der Waals surface area contributed by atoms with Crippen LogP contribution in [-0.4, -0.2) is 13.6 Å². The van der Waals surface area contributed by atoms with Crippen LogP contribution in [0, 0.1) is 5.82 Å². The molecule has 0 aliphatic heterocycles. The van der Waals surface area contributed by atoms with Crippen LogP contribution in [0.1, 0.15) is 5.76 Å². The van der Waals surface area contributed by atoms with E-state index in [1.807, 2.05) is 0 Å². The van der Waals surface area contributed by atoms with Gasteiger partial charge in [0.25, 0.3) is 0 Å². The van der Waals surface area contributed by atoms with E-state index in [1.54, 1.807) is 24.3 Å². The molecule has 0 amide bonds. The first-order valence-corrected chi connectivity index (χ1v) is 8.87. The van der Waals surface area contributed by atoms with Crippen LogP contribution >= 0.6 is 11.6 Å². The standard InChI is InChI=1S/C16H11ClF2N2O3S/c17-11-4-1-9(2-5-11)16-15(13(8-18)24-21-16)10-3-6-14(12(19)7-10)25(20,22)23/h1-7H,8H2,(H2,20,22,23). The maximum absolute atomic E-state index is 14.1. The third-order valence-corrected chi connectivity index (χ3v) is 4.72. The molecule has 0 atom stereocenters. The van der Waals surface area contributed by atoms with Gasteiger partial charge in [-0.3, -0.25) is 0 Å². The summed E-state index contributed by atoms with van der Waals surface area (Å²) in [6.45, 7) is -0.964. The molecule has 0 aliphatic rings. The minimum Gasteiger partial charge on any atom is -0.357 e. The van der Waals surface area contributed by atoms with Crippen molar-refractivity contribution in [2.75, 3.05) is 0 Å². The lowest BCUT2D eigenvalue weighted by Gasteiger charge is -2.06. The molecule has 0 saturated carbocycles. The molecule has 25 heavy (non-hydrogen) atoms. The van der Waals surface area contributed by atoms with Crippen molar-refractivity contribution in [1.82, 2.24) is 5.16 Å². The maximum atomic E-state index is 14.1. The smallest absolute Gasteiger partial charge is 0.240 e. The summed E-state index contributed by atoms with van der Waals surface area (Å²) < 4.78 is 55.1. The van der Waals surface area contributed by atoms with Crippen LogP contribution in [0.15, 0.2) is 51.9 Å². The minimum absolute atomic E-state index is 0.104. The zero-order valence-corrected chi connectivity index (χ0v) is 14.1. The predicted octanol–water partition coefficient (Wildman–Crippen LogP) is 3.92. The Hall–Kier alpha value is -2.29. The van der Waals surface area contributed by atoms with Gasteiger partial charge in [0.1, 0.15) is 16.4 Å². The van der Waals surface area contributed by atoms with Gasteiger partial charge in [-0.15, -0.1) is 0 Å². The Kier molecular flexibility index (Phi) is 4.59. The predicted molar refractivity (Wildman–Crippen MR) is 88.5 cm³/mol. The number of rotatable bonds is 4. The van der Waals surface area contributed by atoms with Crippen molar-refractivity contribution in [2.24, 2.45) is 5.14 Å². The van der Waals surface area contributed by atoms with Crippen molar-refractivity contribution in [2.45, 2.75) is 11.6 Å². The van der Waals surface area contributed by atoms with E-state index in [0.717, 1.165) is 12.1 Å². The average Bonchev–Trinajstić information content (AvgIpc) is 2.98. The molecule has 3 rings (SSSR count). The lowest BCUT2D eigenvalue weighted by Crippen LogP contribution is -2.13. The second-order valence-corrected chi connectivity index (χ2v) is 7.13. The SMILES string of the molecule is NS(=O)(=O)c1ccc(-c2c(-c3ccc(Cl)cc3)noc2CF)cc1F. The third kappa shape index (κ3) is 3.41. The second kappa shape index (κ2) is 6.55. The van der Waals surface area contributed by atoms with Crippen molar-refractivity contribution < 1.29 is 21.7 Å². The minimum atomic E-state index is -4.20. The normalized spacial score (nSPS) is 11.7. The first kappa shape index (κ1) is 17.5. The third-order valence-electron chi connectivity index (χ3n) is 3.53. The highest BCUT2D eigenvalue weighted by molar-refractivity contribution is 7.89. The summed E-state index contributed by atoms with van der Waals surface area (Å²) in [4.78, 5) is -0.650. The van der Waals surface area contributed by atoms with E-state index in [2.05, 4.69) is 5.16 Å². The zero-order valence-electron chi connectivity index (χ0n) is 12.5. The summed E-state index contributed by atoms with van der Waals surface area (Å²) in [5.74, 6) is -1.15. The molecular formula is C16H11ClF2N2O3S. The van der Waals surface area contributed by atoms with E-state index < -0.39 is 27.4 Å². The van der Waals surface area contributed by atoms with Crippen molar-refractivity contribution in [1.29, 1.82) is 0 Å². The lowest BCUT2D eigenvalue weighted by molar-refractivity contribution is 0.332. The quantitative estimate of drug-likeness (QED) is 0.738. The number of sulfonamides is 1. The van der Waals surface area contributed by atoms with Crippen LogP contribution in [0.4, 0.5) is 8.78 Å². The Labute approximate surface area is 147 Å². The fraction of sp³-hybridized carbons (Fsp3) is 0.0625. The molecule has 5 nitrogen and oxygen atoms in total. The Bertz CT molecular complexity index is 1030. The molecule has 0 radical (unpaired) electrons. The van der Waals surface area contributed by atoms with Gasteiger partial charge in [0.15, 0.2) is 12.4 Å². The highest BCUT2D eigenvalue weighted by atomic mass is 35.5. The van der Waals surface area contributed by atoms with E-state index in [1.165, 1.54) is 6.07 Å². The molecule has 0 spiro atoms. The first-order valence-electron chi connectivity index (χ1n) is 6.94. The van der Waals surface area contributed by atoms with Gasteiger partial charge in [0.2, 0.25) is 10.0 Å². The van der Waals surface area contributed by atoms with Gasteiger partial charge >= 0.3 is 0 Å². The molecule has 1 aromatic heterocycles. The average molecular weight is 385 g/mol. The second-order valence-electron chi connectivity index (χ2n) is 5.16. The highest BCUT2D eigenvalue weighted by Gasteiger charge is 2.22. The number of nitrogens with two attached hydrogens (primary N) is 1. The molecule has 0 aliphatic carbocycles. The zero-order chi connectivity index (χ0) is 18.2. The maximum Gasteiger partial charge on any atom is 0.240 e. The van der Waals surface area contributed by atoms with Crippen molar-refractivity contribution in [3.05, 3.63) is 59.1 Å². The van der Waals surface area contributed by atoms with Gasteiger partial charge in [-0.2, -0.15) is 0 Å². The largest absolute Gasteiger partial charge is 0.357 e. The Balaban J connectivity index is 2.18. The highest BCUT2D eigenvalue weighted by Crippen LogP contribution is 2.36. The van der Waals surface area contributed by atoms with Crippen LogP contribution < -0.4 is 5.14 Å².